The van der Waals surface area contributed by atoms with Gasteiger partial charge in [-0.05, 0) is 18.2 Å². The highest BCUT2D eigenvalue weighted by Crippen LogP contribution is 2.33. The highest BCUT2D eigenvalue weighted by atomic mass is 35.5. The number of hydrogen-bond acceptors (Lipinski definition) is 2. The summed E-state index contributed by atoms with van der Waals surface area (Å²) in [4.78, 5) is 11.7. The standard InChI is InChI=1S/C16H8ClF2N3/c17-16-15(21-12-3-1-2-4-13(12)22-16)9-7-20-14-6-11(19)10(18)5-8(9)14/h1-7,20H. The Balaban J connectivity index is 2.02. The van der Waals surface area contributed by atoms with Gasteiger partial charge in [-0.25, -0.2) is 18.7 Å². The number of nitrogens with one attached hydrogen (secondary N) is 1. The largest absolute Gasteiger partial charge is 0.360 e. The molecular formula is C16H8ClF2N3. The SMILES string of the molecule is Fc1cc2[nH]cc(-c3nc4ccccc4nc3Cl)c2cc1F. The molecule has 0 spiro atoms. The summed E-state index contributed by atoms with van der Waals surface area (Å²) in [7, 11) is 0. The first-order chi connectivity index (χ1) is 10.6. The van der Waals surface area contributed by atoms with E-state index in [1.807, 2.05) is 24.3 Å². The molecule has 2 heterocycles. The fraction of sp³-hybridized carbons (Fsp3) is 0. The molecule has 0 fully saturated rings. The molecule has 0 bridgehead atoms. The maximum absolute atomic E-state index is 13.5. The molecule has 2 aromatic heterocycles. The maximum atomic E-state index is 13.5. The molecule has 6 heteroatoms. The summed E-state index contributed by atoms with van der Waals surface area (Å²) in [6, 6.07) is 9.55. The van der Waals surface area contributed by atoms with Gasteiger partial charge in [-0.1, -0.05) is 23.7 Å². The number of rotatable bonds is 1. The van der Waals surface area contributed by atoms with Crippen LogP contribution in [0.3, 0.4) is 0 Å². The second-order valence-corrected chi connectivity index (χ2v) is 5.22. The number of halogens is 3. The topological polar surface area (TPSA) is 41.6 Å². The number of fused-ring (bicyclic) bond motifs is 2. The average Bonchev–Trinajstić information content (AvgIpc) is 2.89. The number of aromatic amines is 1. The first-order valence-electron chi connectivity index (χ1n) is 6.52. The van der Waals surface area contributed by atoms with Crippen molar-refractivity contribution in [2.24, 2.45) is 0 Å². The fourth-order valence-corrected chi connectivity index (χ4v) is 2.70. The van der Waals surface area contributed by atoms with Crippen molar-refractivity contribution in [2.45, 2.75) is 0 Å². The maximum Gasteiger partial charge on any atom is 0.160 e. The van der Waals surface area contributed by atoms with Gasteiger partial charge in [0.2, 0.25) is 0 Å². The van der Waals surface area contributed by atoms with Crippen LogP contribution < -0.4 is 0 Å². The van der Waals surface area contributed by atoms with E-state index in [1.54, 1.807) is 6.20 Å². The molecule has 0 aliphatic rings. The summed E-state index contributed by atoms with van der Waals surface area (Å²) in [6.45, 7) is 0. The smallest absolute Gasteiger partial charge is 0.160 e. The Kier molecular flexibility index (Phi) is 2.84. The molecule has 4 aromatic rings. The summed E-state index contributed by atoms with van der Waals surface area (Å²) in [5.41, 5.74) is 2.84. The first-order valence-corrected chi connectivity index (χ1v) is 6.90. The van der Waals surface area contributed by atoms with Gasteiger partial charge in [0, 0.05) is 28.7 Å². The Morgan fingerprint density at radius 3 is 2.41 bits per heavy atom. The Labute approximate surface area is 128 Å². The van der Waals surface area contributed by atoms with Crippen molar-refractivity contribution in [3.05, 3.63) is 59.4 Å². The second-order valence-electron chi connectivity index (χ2n) is 4.87. The summed E-state index contributed by atoms with van der Waals surface area (Å²) >= 11 is 6.21. The van der Waals surface area contributed by atoms with Crippen LogP contribution >= 0.6 is 11.6 Å². The lowest BCUT2D eigenvalue weighted by Crippen LogP contribution is -1.91. The molecule has 4 rings (SSSR count). The van der Waals surface area contributed by atoms with Gasteiger partial charge >= 0.3 is 0 Å². The molecule has 0 saturated carbocycles. The monoisotopic (exact) mass is 315 g/mol. The zero-order valence-electron chi connectivity index (χ0n) is 11.1. The minimum absolute atomic E-state index is 0.212. The highest BCUT2D eigenvalue weighted by molar-refractivity contribution is 6.32. The van der Waals surface area contributed by atoms with Gasteiger partial charge in [0.25, 0.3) is 0 Å². The molecule has 2 aromatic carbocycles. The van der Waals surface area contributed by atoms with Crippen LogP contribution in [0.2, 0.25) is 5.15 Å². The van der Waals surface area contributed by atoms with Crippen molar-refractivity contribution in [3.63, 3.8) is 0 Å². The zero-order valence-corrected chi connectivity index (χ0v) is 11.8. The van der Waals surface area contributed by atoms with Crippen molar-refractivity contribution in [3.8, 4) is 11.3 Å². The van der Waals surface area contributed by atoms with E-state index >= 15 is 0 Å². The molecule has 0 atom stereocenters. The normalized spacial score (nSPS) is 11.4. The van der Waals surface area contributed by atoms with E-state index in [1.165, 1.54) is 0 Å². The van der Waals surface area contributed by atoms with Crippen LogP contribution in [0.1, 0.15) is 0 Å². The Hall–Kier alpha value is -2.53. The third-order valence-corrected chi connectivity index (χ3v) is 3.77. The Morgan fingerprint density at radius 1 is 0.955 bits per heavy atom. The number of aromatic nitrogens is 3. The minimum atomic E-state index is -0.918. The number of hydrogen-bond donors (Lipinski definition) is 1. The number of H-pyrrole nitrogens is 1. The van der Waals surface area contributed by atoms with Crippen molar-refractivity contribution >= 4 is 33.5 Å². The van der Waals surface area contributed by atoms with E-state index in [0.717, 1.165) is 12.1 Å². The Morgan fingerprint density at radius 2 is 1.64 bits per heavy atom. The van der Waals surface area contributed by atoms with Gasteiger partial charge in [-0.2, -0.15) is 0 Å². The minimum Gasteiger partial charge on any atom is -0.360 e. The lowest BCUT2D eigenvalue weighted by atomic mass is 10.1. The lowest BCUT2D eigenvalue weighted by molar-refractivity contribution is 0.511. The molecule has 0 aliphatic carbocycles. The molecule has 3 nitrogen and oxygen atoms in total. The lowest BCUT2D eigenvalue weighted by Gasteiger charge is -2.04. The van der Waals surface area contributed by atoms with Gasteiger partial charge in [-0.3, -0.25) is 0 Å². The molecule has 108 valence electrons. The van der Waals surface area contributed by atoms with E-state index in [9.17, 15) is 8.78 Å². The number of para-hydroxylation sites is 2. The van der Waals surface area contributed by atoms with E-state index < -0.39 is 11.6 Å². The van der Waals surface area contributed by atoms with Crippen LogP contribution in [-0.2, 0) is 0 Å². The summed E-state index contributed by atoms with van der Waals surface area (Å²) in [6.07, 6.45) is 1.62. The van der Waals surface area contributed by atoms with Gasteiger partial charge in [0.15, 0.2) is 16.8 Å². The molecule has 1 N–H and O–H groups in total. The first kappa shape index (κ1) is 13.2. The second kappa shape index (κ2) is 4.74. The highest BCUT2D eigenvalue weighted by Gasteiger charge is 2.15. The average molecular weight is 316 g/mol. The molecule has 0 unspecified atom stereocenters. The molecule has 0 aliphatic heterocycles. The van der Waals surface area contributed by atoms with E-state index in [4.69, 9.17) is 11.6 Å². The van der Waals surface area contributed by atoms with E-state index in [0.29, 0.717) is 33.2 Å². The van der Waals surface area contributed by atoms with Crippen molar-refractivity contribution in [1.82, 2.24) is 15.0 Å². The van der Waals surface area contributed by atoms with Crippen LogP contribution in [0.15, 0.2) is 42.6 Å². The van der Waals surface area contributed by atoms with E-state index in [-0.39, 0.29) is 5.15 Å². The zero-order chi connectivity index (χ0) is 15.3. The van der Waals surface area contributed by atoms with Crippen molar-refractivity contribution in [1.29, 1.82) is 0 Å². The molecule has 0 saturated heterocycles. The van der Waals surface area contributed by atoms with Crippen LogP contribution in [0, 0.1) is 11.6 Å². The van der Waals surface area contributed by atoms with Crippen molar-refractivity contribution < 1.29 is 8.78 Å². The van der Waals surface area contributed by atoms with Gasteiger partial charge in [0.1, 0.15) is 5.69 Å². The fourth-order valence-electron chi connectivity index (χ4n) is 2.46. The molecule has 0 radical (unpaired) electrons. The van der Waals surface area contributed by atoms with E-state index in [2.05, 4.69) is 15.0 Å². The van der Waals surface area contributed by atoms with Crippen LogP contribution in [0.25, 0.3) is 33.2 Å². The summed E-state index contributed by atoms with van der Waals surface area (Å²) in [5, 5.41) is 0.717. The third-order valence-electron chi connectivity index (χ3n) is 3.51. The van der Waals surface area contributed by atoms with Crippen LogP contribution in [0.4, 0.5) is 8.78 Å². The Bertz CT molecular complexity index is 1030. The third kappa shape index (κ3) is 1.94. The number of nitrogens with zero attached hydrogens (tertiary/aromatic N) is 2. The molecular weight excluding hydrogens is 308 g/mol. The molecule has 22 heavy (non-hydrogen) atoms. The molecule has 0 amide bonds. The van der Waals surface area contributed by atoms with Crippen LogP contribution in [-0.4, -0.2) is 15.0 Å². The summed E-state index contributed by atoms with van der Waals surface area (Å²) in [5.74, 6) is -1.82. The predicted octanol–water partition coefficient (Wildman–Crippen LogP) is 4.71. The summed E-state index contributed by atoms with van der Waals surface area (Å²) < 4.78 is 26.8. The van der Waals surface area contributed by atoms with Crippen LogP contribution in [0.5, 0.6) is 0 Å². The number of benzene rings is 2. The van der Waals surface area contributed by atoms with Gasteiger partial charge < -0.3 is 4.98 Å². The predicted molar refractivity (Wildman–Crippen MR) is 81.8 cm³/mol. The van der Waals surface area contributed by atoms with Gasteiger partial charge in [-0.15, -0.1) is 0 Å². The van der Waals surface area contributed by atoms with Crippen molar-refractivity contribution in [2.75, 3.05) is 0 Å². The quantitative estimate of drug-likeness (QED) is 0.552. The van der Waals surface area contributed by atoms with Gasteiger partial charge in [0.05, 0.1) is 11.0 Å².